The van der Waals surface area contributed by atoms with Gasteiger partial charge in [0, 0.05) is 31.5 Å². The summed E-state index contributed by atoms with van der Waals surface area (Å²) in [5.41, 5.74) is 6.16. The number of nitrogens with zero attached hydrogens (tertiary/aromatic N) is 1. The van der Waals surface area contributed by atoms with Crippen LogP contribution in [0.25, 0.3) is 22.0 Å². The van der Waals surface area contributed by atoms with Crippen molar-refractivity contribution in [2.45, 2.75) is 0 Å². The maximum absolute atomic E-state index is 13.3. The third-order valence-electron chi connectivity index (χ3n) is 5.92. The molecule has 9 heteroatoms. The lowest BCUT2D eigenvalue weighted by Gasteiger charge is -2.08. The largest absolute Gasteiger partial charge is 0.497 e. The molecule has 0 atom stereocenters. The Morgan fingerprint density at radius 1 is 0.974 bits per heavy atom. The average Bonchev–Trinajstić information content (AvgIpc) is 3.34. The molecule has 5 rings (SSSR count). The Morgan fingerprint density at radius 3 is 2.49 bits per heavy atom. The number of carbonyl (C=O) groups excluding carboxylic acids is 2. The van der Waals surface area contributed by atoms with Crippen molar-refractivity contribution in [1.82, 2.24) is 10.4 Å². The number of aromatic amines is 1. The maximum atomic E-state index is 13.3. The van der Waals surface area contributed by atoms with Crippen molar-refractivity contribution in [2.24, 2.45) is 5.10 Å². The van der Waals surface area contributed by atoms with Crippen LogP contribution < -0.4 is 14.9 Å². The number of fused-ring (bicyclic) bond motifs is 1. The normalized spacial score (nSPS) is 11.1. The van der Waals surface area contributed by atoms with Gasteiger partial charge in [0.05, 0.1) is 18.9 Å². The highest BCUT2D eigenvalue weighted by Crippen LogP contribution is 2.34. The molecule has 0 saturated carbocycles. The SMILES string of the molecule is COc1ccc2[nH]c(C(=O)NN=Cc3cc(Br)ccc3OC(=O)c3ccc(Cl)cc3)c(-c3ccccc3)c2c1. The van der Waals surface area contributed by atoms with Crippen LogP contribution in [0.1, 0.15) is 26.4 Å². The first-order valence-corrected chi connectivity index (χ1v) is 13.0. The van der Waals surface area contributed by atoms with Crippen LogP contribution in [0.2, 0.25) is 5.02 Å². The first-order chi connectivity index (χ1) is 18.9. The second kappa shape index (κ2) is 11.6. The number of benzene rings is 4. The van der Waals surface area contributed by atoms with Gasteiger partial charge in [-0.3, -0.25) is 4.79 Å². The number of hydrogen-bond donors (Lipinski definition) is 2. The molecule has 0 aliphatic heterocycles. The molecule has 39 heavy (non-hydrogen) atoms. The van der Waals surface area contributed by atoms with Gasteiger partial charge in [-0.25, -0.2) is 10.2 Å². The fourth-order valence-electron chi connectivity index (χ4n) is 4.05. The highest BCUT2D eigenvalue weighted by molar-refractivity contribution is 9.10. The molecule has 1 amide bonds. The van der Waals surface area contributed by atoms with Crippen LogP contribution in [0, 0.1) is 0 Å². The number of halogens is 2. The molecule has 0 fully saturated rings. The zero-order valence-electron chi connectivity index (χ0n) is 20.6. The van der Waals surface area contributed by atoms with E-state index < -0.39 is 11.9 Å². The Kier molecular flexibility index (Phi) is 7.76. The van der Waals surface area contributed by atoms with Crippen LogP contribution in [0.4, 0.5) is 0 Å². The standard InChI is InChI=1S/C30H21BrClN3O4/c1-38-23-12-13-25-24(16-23)27(18-5-3-2-4-6-18)28(34-25)29(36)35-33-17-20-15-21(31)9-14-26(20)39-30(37)19-7-10-22(32)11-8-19/h2-17,34H,1H3,(H,35,36). The summed E-state index contributed by atoms with van der Waals surface area (Å²) in [6.45, 7) is 0. The van der Waals surface area contributed by atoms with Crippen molar-refractivity contribution in [1.29, 1.82) is 0 Å². The summed E-state index contributed by atoms with van der Waals surface area (Å²) in [6.07, 6.45) is 1.42. The number of esters is 1. The monoisotopic (exact) mass is 601 g/mol. The molecule has 1 aromatic heterocycles. The van der Waals surface area contributed by atoms with E-state index in [2.05, 4.69) is 31.4 Å². The minimum atomic E-state index is -0.548. The quantitative estimate of drug-likeness (QED) is 0.0889. The van der Waals surface area contributed by atoms with E-state index in [-0.39, 0.29) is 5.75 Å². The summed E-state index contributed by atoms with van der Waals surface area (Å²) in [6, 6.07) is 26.7. The summed E-state index contributed by atoms with van der Waals surface area (Å²) in [7, 11) is 1.60. The van der Waals surface area contributed by atoms with Crippen molar-refractivity contribution in [3.8, 4) is 22.6 Å². The zero-order chi connectivity index (χ0) is 27.4. The molecule has 0 radical (unpaired) electrons. The predicted molar refractivity (Wildman–Crippen MR) is 156 cm³/mol. The van der Waals surface area contributed by atoms with Gasteiger partial charge in [0.1, 0.15) is 17.2 Å². The van der Waals surface area contributed by atoms with Gasteiger partial charge in [-0.05, 0) is 66.2 Å². The molecule has 5 aromatic rings. The van der Waals surface area contributed by atoms with E-state index in [1.54, 1.807) is 49.6 Å². The van der Waals surface area contributed by atoms with Crippen LogP contribution in [0.15, 0.2) is 101 Å². The number of rotatable bonds is 7. The van der Waals surface area contributed by atoms with Crippen LogP contribution in [-0.2, 0) is 0 Å². The van der Waals surface area contributed by atoms with E-state index in [0.29, 0.717) is 27.6 Å². The Morgan fingerprint density at radius 2 is 1.74 bits per heavy atom. The molecule has 7 nitrogen and oxygen atoms in total. The minimum Gasteiger partial charge on any atom is -0.497 e. The smallest absolute Gasteiger partial charge is 0.343 e. The van der Waals surface area contributed by atoms with E-state index >= 15 is 0 Å². The summed E-state index contributed by atoms with van der Waals surface area (Å²) in [5.74, 6) is -0.0264. The van der Waals surface area contributed by atoms with Gasteiger partial charge < -0.3 is 14.5 Å². The average molecular weight is 603 g/mol. The van der Waals surface area contributed by atoms with Gasteiger partial charge >= 0.3 is 5.97 Å². The molecule has 1 heterocycles. The first kappa shape index (κ1) is 26.2. The molecule has 2 N–H and O–H groups in total. The lowest BCUT2D eigenvalue weighted by molar-refractivity contribution is 0.0734. The third kappa shape index (κ3) is 5.87. The molecule has 0 aliphatic carbocycles. The van der Waals surface area contributed by atoms with Crippen molar-refractivity contribution in [3.05, 3.63) is 117 Å². The molecule has 0 aliphatic rings. The van der Waals surface area contributed by atoms with Gasteiger partial charge in [-0.1, -0.05) is 57.9 Å². The fraction of sp³-hybridized carbons (Fsp3) is 0.0333. The molecular weight excluding hydrogens is 582 g/mol. The third-order valence-corrected chi connectivity index (χ3v) is 6.66. The zero-order valence-corrected chi connectivity index (χ0v) is 22.9. The van der Waals surface area contributed by atoms with E-state index in [0.717, 1.165) is 26.5 Å². The molecule has 0 bridgehead atoms. The van der Waals surface area contributed by atoms with Crippen LogP contribution in [-0.4, -0.2) is 30.2 Å². The molecule has 0 spiro atoms. The number of carbonyl (C=O) groups is 2. The van der Waals surface area contributed by atoms with Gasteiger partial charge in [0.2, 0.25) is 0 Å². The lowest BCUT2D eigenvalue weighted by atomic mass is 10.0. The number of amides is 1. The number of hydrazone groups is 1. The van der Waals surface area contributed by atoms with Crippen molar-refractivity contribution in [3.63, 3.8) is 0 Å². The maximum Gasteiger partial charge on any atom is 0.343 e. The van der Waals surface area contributed by atoms with Gasteiger partial charge in [0.15, 0.2) is 0 Å². The molecule has 0 saturated heterocycles. The molecule has 4 aromatic carbocycles. The highest BCUT2D eigenvalue weighted by atomic mass is 79.9. The predicted octanol–water partition coefficient (Wildman–Crippen LogP) is 7.24. The molecule has 194 valence electrons. The Labute approximate surface area is 237 Å². The topological polar surface area (TPSA) is 92.8 Å². The van der Waals surface area contributed by atoms with Gasteiger partial charge in [-0.15, -0.1) is 0 Å². The number of methoxy groups -OCH3 is 1. The first-order valence-electron chi connectivity index (χ1n) is 11.8. The second-order valence-electron chi connectivity index (χ2n) is 8.43. The Balaban J connectivity index is 1.41. The molecular formula is C30H21BrClN3O4. The number of H-pyrrole nitrogens is 1. The number of ether oxygens (including phenoxy) is 2. The van der Waals surface area contributed by atoms with Gasteiger partial charge in [-0.2, -0.15) is 5.10 Å². The lowest BCUT2D eigenvalue weighted by Crippen LogP contribution is -2.19. The minimum absolute atomic E-state index is 0.277. The fourth-order valence-corrected chi connectivity index (χ4v) is 4.55. The number of aromatic nitrogens is 1. The summed E-state index contributed by atoms with van der Waals surface area (Å²) in [5, 5.41) is 5.51. The highest BCUT2D eigenvalue weighted by Gasteiger charge is 2.20. The van der Waals surface area contributed by atoms with E-state index in [4.69, 9.17) is 21.1 Å². The summed E-state index contributed by atoms with van der Waals surface area (Å²) < 4.78 is 11.7. The Hall–Kier alpha value is -4.40. The number of hydrogen-bond acceptors (Lipinski definition) is 5. The van der Waals surface area contributed by atoms with Crippen molar-refractivity contribution < 1.29 is 19.1 Å². The van der Waals surface area contributed by atoms with E-state index in [9.17, 15) is 9.59 Å². The van der Waals surface area contributed by atoms with Crippen molar-refractivity contribution in [2.75, 3.05) is 7.11 Å². The van der Waals surface area contributed by atoms with Crippen LogP contribution in [0.3, 0.4) is 0 Å². The van der Waals surface area contributed by atoms with E-state index in [1.165, 1.54) is 6.21 Å². The Bertz CT molecular complexity index is 1700. The van der Waals surface area contributed by atoms with E-state index in [1.807, 2.05) is 48.5 Å². The summed E-state index contributed by atoms with van der Waals surface area (Å²) in [4.78, 5) is 29.1. The van der Waals surface area contributed by atoms with Crippen molar-refractivity contribution >= 4 is 56.5 Å². The molecule has 0 unspecified atom stereocenters. The summed E-state index contributed by atoms with van der Waals surface area (Å²) >= 11 is 9.33. The second-order valence-corrected chi connectivity index (χ2v) is 9.78. The van der Waals surface area contributed by atoms with Crippen LogP contribution >= 0.6 is 27.5 Å². The number of nitrogens with one attached hydrogen (secondary N) is 2. The van der Waals surface area contributed by atoms with Gasteiger partial charge in [0.25, 0.3) is 5.91 Å². The van der Waals surface area contributed by atoms with Crippen LogP contribution in [0.5, 0.6) is 11.5 Å².